The molecular weight excluding hydrogens is 301 g/mol. The molecule has 0 aliphatic carbocycles. The van der Waals surface area contributed by atoms with Crippen LogP contribution in [0.1, 0.15) is 18.9 Å². The van der Waals surface area contributed by atoms with Crippen molar-refractivity contribution in [1.82, 2.24) is 0 Å². The van der Waals surface area contributed by atoms with Gasteiger partial charge in [0.25, 0.3) is 0 Å². The summed E-state index contributed by atoms with van der Waals surface area (Å²) in [5.41, 5.74) is 2.51. The first kappa shape index (κ1) is 12.8. The Labute approximate surface area is 106 Å². The highest BCUT2D eigenvalue weighted by atomic mass is 127. The lowest BCUT2D eigenvalue weighted by Crippen LogP contribution is -2.17. The van der Waals surface area contributed by atoms with E-state index in [0.717, 1.165) is 13.0 Å². The molecule has 3 heteroatoms. The number of aryl methyl sites for hydroxylation is 1. The van der Waals surface area contributed by atoms with Gasteiger partial charge >= 0.3 is 0 Å². The van der Waals surface area contributed by atoms with E-state index in [4.69, 9.17) is 4.74 Å². The minimum Gasteiger partial charge on any atom is -0.385 e. The summed E-state index contributed by atoms with van der Waals surface area (Å²) in [6, 6.07) is 6.90. The zero-order valence-corrected chi connectivity index (χ0v) is 11.7. The van der Waals surface area contributed by atoms with Gasteiger partial charge in [-0.3, -0.25) is 0 Å². The second-order valence-corrected chi connectivity index (χ2v) is 4.95. The van der Waals surface area contributed by atoms with E-state index in [9.17, 15) is 0 Å². The molecule has 0 amide bonds. The van der Waals surface area contributed by atoms with Gasteiger partial charge in [0, 0.05) is 29.0 Å². The van der Waals surface area contributed by atoms with Gasteiger partial charge in [0.2, 0.25) is 0 Å². The van der Waals surface area contributed by atoms with Crippen molar-refractivity contribution >= 4 is 28.3 Å². The van der Waals surface area contributed by atoms with Crippen molar-refractivity contribution in [2.45, 2.75) is 26.3 Å². The van der Waals surface area contributed by atoms with Crippen molar-refractivity contribution in [1.29, 1.82) is 0 Å². The van der Waals surface area contributed by atoms with Crippen molar-refractivity contribution in [3.05, 3.63) is 27.3 Å². The van der Waals surface area contributed by atoms with Crippen LogP contribution in [-0.2, 0) is 4.74 Å². The molecule has 2 nitrogen and oxygen atoms in total. The van der Waals surface area contributed by atoms with Gasteiger partial charge in [0.15, 0.2) is 0 Å². The van der Waals surface area contributed by atoms with Crippen molar-refractivity contribution in [2.24, 2.45) is 0 Å². The third-order valence-corrected chi connectivity index (χ3v) is 3.50. The van der Waals surface area contributed by atoms with Crippen LogP contribution < -0.4 is 5.32 Å². The molecule has 1 aromatic carbocycles. The molecule has 0 radical (unpaired) electrons. The van der Waals surface area contributed by atoms with Gasteiger partial charge in [0.1, 0.15) is 0 Å². The fourth-order valence-corrected chi connectivity index (χ4v) is 1.85. The van der Waals surface area contributed by atoms with Crippen LogP contribution in [-0.4, -0.2) is 19.8 Å². The fourth-order valence-electron chi connectivity index (χ4n) is 1.33. The van der Waals surface area contributed by atoms with Crippen molar-refractivity contribution in [2.75, 3.05) is 19.0 Å². The van der Waals surface area contributed by atoms with Crippen LogP contribution in [0.2, 0.25) is 0 Å². The Bertz CT molecular complexity index is 314. The molecule has 15 heavy (non-hydrogen) atoms. The maximum atomic E-state index is 5.05. The molecule has 0 heterocycles. The number of hydrogen-bond acceptors (Lipinski definition) is 2. The lowest BCUT2D eigenvalue weighted by Gasteiger charge is -2.15. The first-order valence-electron chi connectivity index (χ1n) is 5.15. The topological polar surface area (TPSA) is 21.3 Å². The van der Waals surface area contributed by atoms with E-state index in [1.165, 1.54) is 14.8 Å². The fraction of sp³-hybridized carbons (Fsp3) is 0.500. The van der Waals surface area contributed by atoms with E-state index < -0.39 is 0 Å². The summed E-state index contributed by atoms with van der Waals surface area (Å²) in [6.45, 7) is 5.10. The third-order valence-electron chi connectivity index (χ3n) is 2.34. The average Bonchev–Trinajstić information content (AvgIpc) is 2.20. The van der Waals surface area contributed by atoms with Crippen LogP contribution >= 0.6 is 22.6 Å². The molecule has 0 aliphatic heterocycles. The van der Waals surface area contributed by atoms with Crippen molar-refractivity contribution < 1.29 is 4.74 Å². The summed E-state index contributed by atoms with van der Waals surface area (Å²) in [5, 5.41) is 3.46. The molecule has 0 aromatic heterocycles. The Morgan fingerprint density at radius 1 is 1.47 bits per heavy atom. The van der Waals surface area contributed by atoms with Crippen LogP contribution in [0, 0.1) is 10.5 Å². The number of hydrogen-bond donors (Lipinski definition) is 1. The van der Waals surface area contributed by atoms with Crippen molar-refractivity contribution in [3.8, 4) is 0 Å². The highest BCUT2D eigenvalue weighted by Crippen LogP contribution is 2.18. The number of ether oxygens (including phenoxy) is 1. The zero-order valence-electron chi connectivity index (χ0n) is 9.51. The van der Waals surface area contributed by atoms with E-state index in [2.05, 4.69) is 60.0 Å². The predicted octanol–water partition coefficient (Wildman–Crippen LogP) is 3.44. The van der Waals surface area contributed by atoms with Crippen molar-refractivity contribution in [3.63, 3.8) is 0 Å². The Morgan fingerprint density at radius 2 is 2.20 bits per heavy atom. The second kappa shape index (κ2) is 6.33. The number of halogens is 1. The maximum absolute atomic E-state index is 5.05. The summed E-state index contributed by atoms with van der Waals surface area (Å²) in [5.74, 6) is 0. The van der Waals surface area contributed by atoms with Gasteiger partial charge in [-0.2, -0.15) is 0 Å². The highest BCUT2D eigenvalue weighted by molar-refractivity contribution is 14.1. The first-order chi connectivity index (χ1) is 7.13. The molecule has 1 unspecified atom stereocenters. The van der Waals surface area contributed by atoms with Gasteiger partial charge in [-0.15, -0.1) is 0 Å². The van der Waals surface area contributed by atoms with Gasteiger partial charge in [-0.25, -0.2) is 0 Å². The molecule has 1 aromatic rings. The Kier molecular flexibility index (Phi) is 5.39. The first-order valence-corrected chi connectivity index (χ1v) is 6.23. The zero-order chi connectivity index (χ0) is 11.3. The van der Waals surface area contributed by atoms with E-state index >= 15 is 0 Å². The van der Waals surface area contributed by atoms with Crippen LogP contribution in [0.3, 0.4) is 0 Å². The molecule has 1 rings (SSSR count). The molecule has 1 atom stereocenters. The predicted molar refractivity (Wildman–Crippen MR) is 73.5 cm³/mol. The standard InChI is InChI=1S/C12H18INO/c1-9-4-5-11(8-12(9)13)14-10(2)6-7-15-3/h4-5,8,10,14H,6-7H2,1-3H3. The van der Waals surface area contributed by atoms with Crippen LogP contribution in [0.4, 0.5) is 5.69 Å². The lowest BCUT2D eigenvalue weighted by atomic mass is 10.2. The molecular formula is C12H18INO. The van der Waals surface area contributed by atoms with E-state index in [1.807, 2.05) is 0 Å². The second-order valence-electron chi connectivity index (χ2n) is 3.79. The summed E-state index contributed by atoms with van der Waals surface area (Å²) in [4.78, 5) is 0. The Morgan fingerprint density at radius 3 is 2.80 bits per heavy atom. The number of rotatable bonds is 5. The number of methoxy groups -OCH3 is 1. The normalized spacial score (nSPS) is 12.5. The quantitative estimate of drug-likeness (QED) is 0.840. The van der Waals surface area contributed by atoms with Crippen LogP contribution in [0.5, 0.6) is 0 Å². The maximum Gasteiger partial charge on any atom is 0.0481 e. The van der Waals surface area contributed by atoms with E-state index in [0.29, 0.717) is 6.04 Å². The highest BCUT2D eigenvalue weighted by Gasteiger charge is 2.02. The smallest absolute Gasteiger partial charge is 0.0481 e. The minimum atomic E-state index is 0.448. The molecule has 0 aliphatic rings. The summed E-state index contributed by atoms with van der Waals surface area (Å²) in [7, 11) is 1.74. The summed E-state index contributed by atoms with van der Waals surface area (Å²) in [6.07, 6.45) is 1.03. The van der Waals surface area contributed by atoms with Gasteiger partial charge in [-0.05, 0) is 60.6 Å². The summed E-state index contributed by atoms with van der Waals surface area (Å²) >= 11 is 2.36. The molecule has 84 valence electrons. The summed E-state index contributed by atoms with van der Waals surface area (Å²) < 4.78 is 6.35. The SMILES string of the molecule is COCCC(C)Nc1ccc(C)c(I)c1. The monoisotopic (exact) mass is 319 g/mol. The Hall–Kier alpha value is -0.290. The van der Waals surface area contributed by atoms with Gasteiger partial charge in [0.05, 0.1) is 0 Å². The van der Waals surface area contributed by atoms with E-state index in [-0.39, 0.29) is 0 Å². The minimum absolute atomic E-state index is 0.448. The average molecular weight is 319 g/mol. The molecule has 0 spiro atoms. The van der Waals surface area contributed by atoms with Gasteiger partial charge in [-0.1, -0.05) is 6.07 Å². The lowest BCUT2D eigenvalue weighted by molar-refractivity contribution is 0.191. The van der Waals surface area contributed by atoms with Crippen LogP contribution in [0.25, 0.3) is 0 Å². The molecule has 0 saturated carbocycles. The molecule has 0 fully saturated rings. The molecule has 0 bridgehead atoms. The molecule has 1 N–H and O–H groups in total. The third kappa shape index (κ3) is 4.38. The number of anilines is 1. The molecule has 0 saturated heterocycles. The largest absolute Gasteiger partial charge is 0.385 e. The van der Waals surface area contributed by atoms with Crippen LogP contribution in [0.15, 0.2) is 18.2 Å². The number of nitrogens with one attached hydrogen (secondary N) is 1. The Balaban J connectivity index is 2.53. The van der Waals surface area contributed by atoms with E-state index in [1.54, 1.807) is 7.11 Å². The number of benzene rings is 1. The van der Waals surface area contributed by atoms with Gasteiger partial charge < -0.3 is 10.1 Å².